The summed E-state index contributed by atoms with van der Waals surface area (Å²) in [6.45, 7) is 4.90. The van der Waals surface area contributed by atoms with Gasteiger partial charge in [0.2, 0.25) is 5.91 Å². The van der Waals surface area contributed by atoms with Crippen LogP contribution < -0.4 is 16.4 Å². The van der Waals surface area contributed by atoms with Crippen LogP contribution in [-0.4, -0.2) is 30.5 Å². The number of carbonyl (C=O) groups excluding carboxylic acids is 1. The third kappa shape index (κ3) is 9.14. The monoisotopic (exact) mass is 356 g/mol. The van der Waals surface area contributed by atoms with Gasteiger partial charge in [-0.2, -0.15) is 0 Å². The predicted molar refractivity (Wildman–Crippen MR) is 94.7 cm³/mol. The number of thiazole rings is 1. The van der Waals surface area contributed by atoms with Crippen LogP contribution in [-0.2, 0) is 11.2 Å². The zero-order valence-electron chi connectivity index (χ0n) is 12.7. The fraction of sp³-hybridized carbons (Fsp3) is 0.692. The van der Waals surface area contributed by atoms with Crippen LogP contribution in [0.3, 0.4) is 0 Å². The normalized spacial score (nSPS) is 11.4. The second kappa shape index (κ2) is 12.0. The first-order chi connectivity index (χ1) is 9.02. The summed E-state index contributed by atoms with van der Waals surface area (Å²) in [4.78, 5) is 16.1. The van der Waals surface area contributed by atoms with Crippen molar-refractivity contribution in [3.05, 3.63) is 11.1 Å². The maximum absolute atomic E-state index is 11.9. The summed E-state index contributed by atoms with van der Waals surface area (Å²) in [6.07, 6.45) is 2.58. The van der Waals surface area contributed by atoms with Crippen molar-refractivity contribution in [2.45, 2.75) is 39.2 Å². The molecule has 0 radical (unpaired) electrons. The Hall–Kier alpha value is -0.560. The van der Waals surface area contributed by atoms with Crippen molar-refractivity contribution in [3.63, 3.8) is 0 Å². The van der Waals surface area contributed by atoms with Gasteiger partial charge in [0.1, 0.15) is 0 Å². The first-order valence-electron chi connectivity index (χ1n) is 6.67. The van der Waals surface area contributed by atoms with Crippen molar-refractivity contribution in [2.75, 3.05) is 19.3 Å². The molecule has 1 heterocycles. The lowest BCUT2D eigenvalue weighted by molar-refractivity contribution is -0.123. The molecule has 0 spiro atoms. The first kappa shape index (κ1) is 22.7. The lowest BCUT2D eigenvalue weighted by Crippen LogP contribution is -2.43. The van der Waals surface area contributed by atoms with E-state index in [1.54, 1.807) is 0 Å². The number of nitrogen functional groups attached to an aromatic ring is 1. The van der Waals surface area contributed by atoms with E-state index in [1.165, 1.54) is 11.3 Å². The molecule has 0 aliphatic rings. The van der Waals surface area contributed by atoms with E-state index in [4.69, 9.17) is 5.73 Å². The van der Waals surface area contributed by atoms with Gasteiger partial charge >= 0.3 is 0 Å². The van der Waals surface area contributed by atoms with Crippen LogP contribution in [0.5, 0.6) is 0 Å². The highest BCUT2D eigenvalue weighted by Gasteiger charge is 2.16. The van der Waals surface area contributed by atoms with E-state index in [0.717, 1.165) is 25.0 Å². The molecule has 1 aromatic heterocycles. The molecule has 1 amide bonds. The van der Waals surface area contributed by atoms with Crippen LogP contribution in [0, 0.1) is 5.92 Å². The fourth-order valence-electron chi connectivity index (χ4n) is 1.87. The Morgan fingerprint density at radius 3 is 2.57 bits per heavy atom. The molecule has 0 unspecified atom stereocenters. The lowest BCUT2D eigenvalue weighted by Gasteiger charge is -2.17. The number of nitrogens with zero attached hydrogens (tertiary/aromatic N) is 1. The second-order valence-electron chi connectivity index (χ2n) is 5.04. The summed E-state index contributed by atoms with van der Waals surface area (Å²) >= 11 is 1.45. The number of hydrogen-bond acceptors (Lipinski definition) is 5. The Kier molecular flexibility index (Phi) is 13.0. The zero-order valence-corrected chi connectivity index (χ0v) is 15.2. The highest BCUT2D eigenvalue weighted by atomic mass is 35.5. The highest BCUT2D eigenvalue weighted by Crippen LogP contribution is 2.12. The summed E-state index contributed by atoms with van der Waals surface area (Å²) in [6, 6.07) is -0.102. The number of nitrogens with one attached hydrogen (secondary N) is 2. The van der Waals surface area contributed by atoms with Gasteiger partial charge in [-0.15, -0.1) is 36.2 Å². The van der Waals surface area contributed by atoms with Crippen molar-refractivity contribution < 1.29 is 4.79 Å². The molecule has 1 rings (SSSR count). The molecule has 5 nitrogen and oxygen atoms in total. The number of hydrogen-bond donors (Lipinski definition) is 3. The number of anilines is 1. The standard InChI is InChI=1S/C13H24N4OS.2ClH/c1-9(2)7-11(15-3)12(18)16-6-4-5-10-8-19-13(14)17-10;;/h8-9,11,15H,4-7H2,1-3H3,(H2,14,17)(H,16,18);2*1H/t11-;;/m0../s1. The molecule has 0 aliphatic heterocycles. The molecular formula is C13H26Cl2N4OS. The van der Waals surface area contributed by atoms with E-state index in [-0.39, 0.29) is 36.8 Å². The summed E-state index contributed by atoms with van der Waals surface area (Å²) in [5.74, 6) is 0.579. The van der Waals surface area contributed by atoms with Gasteiger partial charge in [-0.1, -0.05) is 13.8 Å². The number of carbonyl (C=O) groups is 1. The van der Waals surface area contributed by atoms with Crippen LogP contribution in [0.25, 0.3) is 0 Å². The van der Waals surface area contributed by atoms with E-state index in [9.17, 15) is 4.79 Å². The fourth-order valence-corrected chi connectivity index (χ4v) is 2.47. The topological polar surface area (TPSA) is 80.0 Å². The smallest absolute Gasteiger partial charge is 0.237 e. The molecule has 0 aromatic carbocycles. The second-order valence-corrected chi connectivity index (χ2v) is 5.93. The van der Waals surface area contributed by atoms with Crippen LogP contribution >= 0.6 is 36.2 Å². The van der Waals surface area contributed by atoms with Crippen molar-refractivity contribution in [2.24, 2.45) is 5.92 Å². The number of rotatable bonds is 8. The van der Waals surface area contributed by atoms with E-state index in [1.807, 2.05) is 12.4 Å². The maximum Gasteiger partial charge on any atom is 0.237 e. The van der Waals surface area contributed by atoms with Crippen molar-refractivity contribution in [3.8, 4) is 0 Å². The molecule has 8 heteroatoms. The number of aromatic nitrogens is 1. The van der Waals surface area contributed by atoms with Crippen LogP contribution in [0.15, 0.2) is 5.38 Å². The van der Waals surface area contributed by atoms with E-state index in [0.29, 0.717) is 17.6 Å². The number of likely N-dealkylation sites (N-methyl/N-ethyl adjacent to an activating group) is 1. The van der Waals surface area contributed by atoms with Gasteiger partial charge in [0.15, 0.2) is 5.13 Å². The van der Waals surface area contributed by atoms with Gasteiger partial charge in [-0.25, -0.2) is 4.98 Å². The molecule has 0 aliphatic carbocycles. The van der Waals surface area contributed by atoms with E-state index < -0.39 is 0 Å². The molecule has 1 aromatic rings. The van der Waals surface area contributed by atoms with Crippen molar-refractivity contribution in [1.29, 1.82) is 0 Å². The van der Waals surface area contributed by atoms with Crippen LogP contribution in [0.4, 0.5) is 5.13 Å². The Labute approximate surface area is 143 Å². The summed E-state index contributed by atoms with van der Waals surface area (Å²) in [7, 11) is 1.82. The van der Waals surface area contributed by atoms with Crippen LogP contribution in [0.1, 0.15) is 32.4 Å². The number of aryl methyl sites for hydroxylation is 1. The Morgan fingerprint density at radius 1 is 1.43 bits per heavy atom. The van der Waals surface area contributed by atoms with Gasteiger partial charge in [-0.3, -0.25) is 4.79 Å². The molecule has 0 fully saturated rings. The van der Waals surface area contributed by atoms with Gasteiger partial charge in [0.25, 0.3) is 0 Å². The average Bonchev–Trinajstić information content (AvgIpc) is 2.77. The molecule has 0 saturated carbocycles. The maximum atomic E-state index is 11.9. The third-order valence-corrected chi connectivity index (χ3v) is 3.57. The SMILES string of the molecule is CN[C@@H](CC(C)C)C(=O)NCCCc1csc(N)n1.Cl.Cl. The Bertz CT molecular complexity index is 401. The molecule has 4 N–H and O–H groups in total. The zero-order chi connectivity index (χ0) is 14.3. The van der Waals surface area contributed by atoms with E-state index in [2.05, 4.69) is 29.5 Å². The molecule has 0 saturated heterocycles. The van der Waals surface area contributed by atoms with Gasteiger partial charge < -0.3 is 16.4 Å². The van der Waals surface area contributed by atoms with Crippen molar-refractivity contribution in [1.82, 2.24) is 15.6 Å². The minimum Gasteiger partial charge on any atom is -0.375 e. The first-order valence-corrected chi connectivity index (χ1v) is 7.55. The highest BCUT2D eigenvalue weighted by molar-refractivity contribution is 7.13. The summed E-state index contributed by atoms with van der Waals surface area (Å²) in [5, 5.41) is 8.58. The minimum atomic E-state index is -0.102. The van der Waals surface area contributed by atoms with E-state index >= 15 is 0 Å². The third-order valence-electron chi connectivity index (χ3n) is 2.85. The quantitative estimate of drug-likeness (QED) is 0.624. The predicted octanol–water partition coefficient (Wildman–Crippen LogP) is 2.25. The Balaban J connectivity index is 0. The summed E-state index contributed by atoms with van der Waals surface area (Å²) < 4.78 is 0. The Morgan fingerprint density at radius 2 is 2.10 bits per heavy atom. The van der Waals surface area contributed by atoms with Crippen LogP contribution in [0.2, 0.25) is 0 Å². The molecular weight excluding hydrogens is 331 g/mol. The number of halogens is 2. The molecule has 1 atom stereocenters. The minimum absolute atomic E-state index is 0. The largest absolute Gasteiger partial charge is 0.375 e. The summed E-state index contributed by atoms with van der Waals surface area (Å²) in [5.41, 5.74) is 6.57. The molecule has 0 bridgehead atoms. The average molecular weight is 357 g/mol. The molecule has 21 heavy (non-hydrogen) atoms. The van der Waals surface area contributed by atoms with Crippen molar-refractivity contribution >= 4 is 47.2 Å². The van der Waals surface area contributed by atoms with Gasteiger partial charge in [0.05, 0.1) is 11.7 Å². The lowest BCUT2D eigenvalue weighted by atomic mass is 10.0. The van der Waals surface area contributed by atoms with Gasteiger partial charge in [-0.05, 0) is 32.2 Å². The number of amides is 1. The molecule has 124 valence electrons. The number of nitrogens with two attached hydrogens (primary N) is 1. The van der Waals surface area contributed by atoms with Gasteiger partial charge in [0, 0.05) is 11.9 Å².